The van der Waals surface area contributed by atoms with Crippen molar-refractivity contribution < 1.29 is 13.0 Å². The Labute approximate surface area is 186 Å². The van der Waals surface area contributed by atoms with Gasteiger partial charge in [-0.2, -0.15) is 13.5 Å². The van der Waals surface area contributed by atoms with E-state index >= 15 is 0 Å². The Kier molecular flexibility index (Phi) is 5.27. The first-order chi connectivity index (χ1) is 15.4. The summed E-state index contributed by atoms with van der Waals surface area (Å²) in [7, 11) is -4.17. The van der Waals surface area contributed by atoms with E-state index in [4.69, 9.17) is 0 Å². The van der Waals surface area contributed by atoms with E-state index < -0.39 is 15.4 Å². The van der Waals surface area contributed by atoms with Crippen molar-refractivity contribution >= 4 is 21.2 Å². The first-order valence-corrected chi connectivity index (χ1v) is 12.2. The topological polar surface area (TPSA) is 98.0 Å². The fourth-order valence-electron chi connectivity index (χ4n) is 4.39. The molecule has 32 heavy (non-hydrogen) atoms. The predicted octanol–water partition coefficient (Wildman–Crippen LogP) is 4.77. The van der Waals surface area contributed by atoms with Crippen LogP contribution in [0.1, 0.15) is 41.7 Å². The van der Waals surface area contributed by atoms with Crippen molar-refractivity contribution in [3.05, 3.63) is 78.2 Å². The summed E-state index contributed by atoms with van der Waals surface area (Å²) in [5.41, 5.74) is 5.06. The molecule has 0 saturated heterocycles. The summed E-state index contributed by atoms with van der Waals surface area (Å²) in [5, 5.41) is 3.61. The van der Waals surface area contributed by atoms with E-state index in [0.29, 0.717) is 12.0 Å². The van der Waals surface area contributed by atoms with E-state index in [1.807, 2.05) is 54.2 Å². The van der Waals surface area contributed by atoms with Crippen LogP contribution in [0.3, 0.4) is 0 Å². The summed E-state index contributed by atoms with van der Waals surface area (Å²) in [5.74, 6) is 0.210. The van der Waals surface area contributed by atoms with Gasteiger partial charge in [-0.25, -0.2) is 4.98 Å². The second-order valence-corrected chi connectivity index (χ2v) is 10.2. The summed E-state index contributed by atoms with van der Waals surface area (Å²) in [4.78, 5) is 9.14. The van der Waals surface area contributed by atoms with Gasteiger partial charge in [0, 0.05) is 11.8 Å². The third kappa shape index (κ3) is 4.16. The fourth-order valence-corrected chi connectivity index (χ4v) is 5.41. The third-order valence-electron chi connectivity index (χ3n) is 6.29. The van der Waals surface area contributed by atoms with E-state index in [2.05, 4.69) is 15.1 Å². The number of benzene rings is 2. The van der Waals surface area contributed by atoms with Crippen molar-refractivity contribution in [2.24, 2.45) is 5.92 Å². The van der Waals surface area contributed by atoms with Crippen LogP contribution in [-0.4, -0.2) is 32.7 Å². The van der Waals surface area contributed by atoms with Crippen LogP contribution in [0.15, 0.2) is 67.1 Å². The standard InChI is InChI=1S/C24H24N4O3S/c1-16-6-8-18(9-7-16)24(32(29,30)31)12-17-10-20(11-17)28-15-19(13-26-28)23-14-25-21-4-2-3-5-22(21)27-23/h2-9,13-15,17,20,24H,10-12H2,1H3,(H,29,30,31). The van der Waals surface area contributed by atoms with Gasteiger partial charge in [-0.1, -0.05) is 42.0 Å². The molecule has 0 spiro atoms. The van der Waals surface area contributed by atoms with Gasteiger partial charge in [0.05, 0.1) is 35.2 Å². The molecule has 2 heterocycles. The molecule has 1 N–H and O–H groups in total. The number of rotatable bonds is 6. The van der Waals surface area contributed by atoms with Crippen LogP contribution in [-0.2, 0) is 10.1 Å². The molecule has 5 rings (SSSR count). The molecule has 0 bridgehead atoms. The van der Waals surface area contributed by atoms with E-state index in [1.54, 1.807) is 24.5 Å². The van der Waals surface area contributed by atoms with Gasteiger partial charge in [-0.05, 0) is 49.8 Å². The Morgan fingerprint density at radius 3 is 2.50 bits per heavy atom. The molecule has 4 aromatic rings. The Balaban J connectivity index is 1.27. The van der Waals surface area contributed by atoms with Crippen molar-refractivity contribution in [3.63, 3.8) is 0 Å². The molecule has 8 heteroatoms. The summed E-state index contributed by atoms with van der Waals surface area (Å²) >= 11 is 0. The normalized spacial score (nSPS) is 19.6. The molecule has 7 nitrogen and oxygen atoms in total. The number of fused-ring (bicyclic) bond motifs is 1. The van der Waals surface area contributed by atoms with Gasteiger partial charge >= 0.3 is 0 Å². The average molecular weight is 449 g/mol. The van der Waals surface area contributed by atoms with Crippen molar-refractivity contribution in [1.82, 2.24) is 19.7 Å². The third-order valence-corrected chi connectivity index (χ3v) is 7.47. The molecule has 0 amide bonds. The molecule has 1 unspecified atom stereocenters. The van der Waals surface area contributed by atoms with Gasteiger partial charge in [0.2, 0.25) is 0 Å². The highest BCUT2D eigenvalue weighted by molar-refractivity contribution is 7.86. The lowest BCUT2D eigenvalue weighted by atomic mass is 9.77. The maximum atomic E-state index is 12.0. The molecule has 1 aliphatic rings. The molecule has 0 radical (unpaired) electrons. The highest BCUT2D eigenvalue weighted by Gasteiger charge is 2.36. The second-order valence-electron chi connectivity index (χ2n) is 8.59. The van der Waals surface area contributed by atoms with Crippen molar-refractivity contribution in [1.29, 1.82) is 0 Å². The number of aromatic nitrogens is 4. The SMILES string of the molecule is Cc1ccc(C(CC2CC(n3cc(-c4cnc5ccccc5n4)cn3)C2)S(=O)(=O)O)cc1. The lowest BCUT2D eigenvalue weighted by molar-refractivity contribution is 0.170. The number of nitrogens with zero attached hydrogens (tertiary/aromatic N) is 4. The fraction of sp³-hybridized carbons (Fsp3) is 0.292. The molecule has 2 aromatic carbocycles. The highest BCUT2D eigenvalue weighted by atomic mass is 32.2. The minimum atomic E-state index is -4.17. The second kappa shape index (κ2) is 8.11. The van der Waals surface area contributed by atoms with Gasteiger partial charge < -0.3 is 0 Å². The lowest BCUT2D eigenvalue weighted by Gasteiger charge is -2.37. The molecule has 2 aromatic heterocycles. The largest absolute Gasteiger partial charge is 0.285 e. The minimum Gasteiger partial charge on any atom is -0.285 e. The predicted molar refractivity (Wildman–Crippen MR) is 123 cm³/mol. The first-order valence-electron chi connectivity index (χ1n) is 10.7. The lowest BCUT2D eigenvalue weighted by Crippen LogP contribution is -2.29. The van der Waals surface area contributed by atoms with E-state index in [1.165, 1.54) is 0 Å². The first kappa shape index (κ1) is 20.8. The number of hydrogen-bond acceptors (Lipinski definition) is 5. The zero-order valence-electron chi connectivity index (χ0n) is 17.7. The molecule has 164 valence electrons. The summed E-state index contributed by atoms with van der Waals surface area (Å²) in [6, 6.07) is 15.3. The Bertz CT molecular complexity index is 1360. The Morgan fingerprint density at radius 2 is 1.78 bits per heavy atom. The zero-order valence-corrected chi connectivity index (χ0v) is 18.5. The van der Waals surface area contributed by atoms with E-state index in [9.17, 15) is 13.0 Å². The maximum Gasteiger partial charge on any atom is 0.271 e. The van der Waals surface area contributed by atoms with Crippen LogP contribution in [0.25, 0.3) is 22.3 Å². The van der Waals surface area contributed by atoms with Gasteiger partial charge in [0.25, 0.3) is 10.1 Å². The van der Waals surface area contributed by atoms with Crippen molar-refractivity contribution in [3.8, 4) is 11.3 Å². The number of para-hydroxylation sites is 2. The molecule has 1 aliphatic carbocycles. The van der Waals surface area contributed by atoms with E-state index in [0.717, 1.165) is 40.7 Å². The van der Waals surface area contributed by atoms with E-state index in [-0.39, 0.29) is 12.0 Å². The van der Waals surface area contributed by atoms with Crippen LogP contribution in [0.2, 0.25) is 0 Å². The van der Waals surface area contributed by atoms with Gasteiger partial charge in [0.15, 0.2) is 0 Å². The smallest absolute Gasteiger partial charge is 0.271 e. The van der Waals surface area contributed by atoms with Crippen LogP contribution in [0.4, 0.5) is 0 Å². The highest BCUT2D eigenvalue weighted by Crippen LogP contribution is 2.44. The monoisotopic (exact) mass is 448 g/mol. The summed E-state index contributed by atoms with van der Waals surface area (Å²) in [6.07, 6.45) is 7.57. The van der Waals surface area contributed by atoms with Crippen molar-refractivity contribution in [2.75, 3.05) is 0 Å². The average Bonchev–Trinajstić information content (AvgIpc) is 3.22. The van der Waals surface area contributed by atoms with Gasteiger partial charge in [-0.15, -0.1) is 0 Å². The van der Waals surface area contributed by atoms with Crippen molar-refractivity contribution in [2.45, 2.75) is 37.5 Å². The van der Waals surface area contributed by atoms with Gasteiger partial charge in [-0.3, -0.25) is 14.2 Å². The molecular weight excluding hydrogens is 424 g/mol. The molecule has 1 atom stereocenters. The van der Waals surface area contributed by atoms with Crippen LogP contribution >= 0.6 is 0 Å². The zero-order chi connectivity index (χ0) is 22.3. The Morgan fingerprint density at radius 1 is 1.06 bits per heavy atom. The quantitative estimate of drug-likeness (QED) is 0.427. The number of hydrogen-bond donors (Lipinski definition) is 1. The number of aryl methyl sites for hydroxylation is 1. The summed E-state index contributed by atoms with van der Waals surface area (Å²) < 4.78 is 35.8. The minimum absolute atomic E-state index is 0.210. The molecule has 1 saturated carbocycles. The maximum absolute atomic E-state index is 12.0. The van der Waals surface area contributed by atoms with Crippen LogP contribution < -0.4 is 0 Å². The summed E-state index contributed by atoms with van der Waals surface area (Å²) in [6.45, 7) is 1.95. The Hall–Kier alpha value is -3.10. The molecular formula is C24H24N4O3S. The van der Waals surface area contributed by atoms with Gasteiger partial charge in [0.1, 0.15) is 5.25 Å². The molecule has 1 fully saturated rings. The molecule has 0 aliphatic heterocycles. The van der Waals surface area contributed by atoms with Crippen LogP contribution in [0, 0.1) is 12.8 Å². The van der Waals surface area contributed by atoms with Crippen LogP contribution in [0.5, 0.6) is 0 Å².